The van der Waals surface area contributed by atoms with Crippen molar-refractivity contribution >= 4 is 17.7 Å². The van der Waals surface area contributed by atoms with E-state index in [1.54, 1.807) is 11.8 Å². The van der Waals surface area contributed by atoms with Crippen molar-refractivity contribution in [2.45, 2.75) is 83.8 Å². The largest absolute Gasteiger partial charge is 0.481 e. The lowest BCUT2D eigenvalue weighted by molar-refractivity contribution is -0.137. The van der Waals surface area contributed by atoms with E-state index < -0.39 is 18.2 Å². The van der Waals surface area contributed by atoms with Crippen molar-refractivity contribution in [3.63, 3.8) is 0 Å². The van der Waals surface area contributed by atoms with E-state index in [1.807, 2.05) is 12.2 Å². The minimum Gasteiger partial charge on any atom is -0.481 e. The van der Waals surface area contributed by atoms with E-state index in [-0.39, 0.29) is 12.3 Å². The number of carboxylic acid groups (broad SMARTS) is 1. The fourth-order valence-electron chi connectivity index (χ4n) is 3.24. The van der Waals surface area contributed by atoms with Crippen LogP contribution < -0.4 is 0 Å². The number of unbranched alkanes of at least 4 members (excludes halogenated alkanes) is 3. The van der Waals surface area contributed by atoms with Crippen molar-refractivity contribution < 1.29 is 20.1 Å². The number of thioether (sulfide) groups is 1. The maximum absolute atomic E-state index is 10.5. The first-order valence-corrected chi connectivity index (χ1v) is 11.0. The van der Waals surface area contributed by atoms with Crippen LogP contribution in [0.25, 0.3) is 0 Å². The minimum absolute atomic E-state index is 0.0142. The average molecular weight is 385 g/mol. The third-order valence-electron chi connectivity index (χ3n) is 4.84. The lowest BCUT2D eigenvalue weighted by Gasteiger charge is -2.17. The zero-order valence-corrected chi connectivity index (χ0v) is 17.1. The molecule has 150 valence electrons. The van der Waals surface area contributed by atoms with E-state index in [0.29, 0.717) is 12.3 Å². The Morgan fingerprint density at radius 1 is 1.35 bits per heavy atom. The molecule has 0 bridgehead atoms. The highest BCUT2D eigenvalue weighted by Gasteiger charge is 2.26. The number of hydrogen-bond donors (Lipinski definition) is 3. The van der Waals surface area contributed by atoms with Gasteiger partial charge < -0.3 is 15.3 Å². The van der Waals surface area contributed by atoms with Gasteiger partial charge in [0.2, 0.25) is 0 Å². The molecule has 0 saturated heterocycles. The van der Waals surface area contributed by atoms with Gasteiger partial charge in [0.15, 0.2) is 0 Å². The summed E-state index contributed by atoms with van der Waals surface area (Å²) < 4.78 is 0. The number of rotatable bonds is 14. The molecular formula is C21H36O4S. The van der Waals surface area contributed by atoms with Gasteiger partial charge in [-0.15, -0.1) is 11.8 Å². The van der Waals surface area contributed by atoms with Crippen LogP contribution in [0.4, 0.5) is 0 Å². The summed E-state index contributed by atoms with van der Waals surface area (Å²) in [7, 11) is 0. The van der Waals surface area contributed by atoms with Crippen molar-refractivity contribution in [3.8, 4) is 0 Å². The van der Waals surface area contributed by atoms with Crippen LogP contribution in [0.2, 0.25) is 0 Å². The third-order valence-corrected chi connectivity index (χ3v) is 6.11. The van der Waals surface area contributed by atoms with Gasteiger partial charge in [-0.2, -0.15) is 0 Å². The molecule has 1 aliphatic rings. The van der Waals surface area contributed by atoms with Crippen molar-refractivity contribution in [3.05, 3.63) is 23.1 Å². The van der Waals surface area contributed by atoms with Gasteiger partial charge in [0.25, 0.3) is 0 Å². The van der Waals surface area contributed by atoms with Gasteiger partial charge in [-0.1, -0.05) is 57.8 Å². The number of carboxylic acids is 1. The van der Waals surface area contributed by atoms with Crippen molar-refractivity contribution in [1.82, 2.24) is 0 Å². The number of aliphatic hydroxyl groups excluding tert-OH is 2. The molecule has 0 aliphatic heterocycles. The molecule has 0 aromatic heterocycles. The highest BCUT2D eigenvalue weighted by molar-refractivity contribution is 8.03. The summed E-state index contributed by atoms with van der Waals surface area (Å²) in [5.74, 6) is 0.712. The molecule has 26 heavy (non-hydrogen) atoms. The first-order valence-electron chi connectivity index (χ1n) is 10.0. The smallest absolute Gasteiger partial charge is 0.303 e. The second-order valence-electron chi connectivity index (χ2n) is 7.42. The number of carbonyl (C=O) groups is 1. The summed E-state index contributed by atoms with van der Waals surface area (Å²) in [6.45, 7) is 4.37. The molecule has 0 aromatic rings. The van der Waals surface area contributed by atoms with Crippen molar-refractivity contribution in [1.29, 1.82) is 0 Å². The van der Waals surface area contributed by atoms with Gasteiger partial charge in [-0.05, 0) is 42.3 Å². The maximum Gasteiger partial charge on any atom is 0.303 e. The average Bonchev–Trinajstić information content (AvgIpc) is 2.94. The van der Waals surface area contributed by atoms with E-state index >= 15 is 0 Å². The summed E-state index contributed by atoms with van der Waals surface area (Å²) in [4.78, 5) is 11.7. The number of aliphatic carboxylic acids is 1. The topological polar surface area (TPSA) is 77.8 Å². The molecule has 4 atom stereocenters. The third kappa shape index (κ3) is 9.79. The van der Waals surface area contributed by atoms with Gasteiger partial charge in [-0.25, -0.2) is 0 Å². The van der Waals surface area contributed by atoms with E-state index in [9.17, 15) is 15.0 Å². The lowest BCUT2D eigenvalue weighted by atomic mass is 9.96. The second-order valence-corrected chi connectivity index (χ2v) is 8.59. The normalized spacial score (nSPS) is 22.5. The molecule has 0 radical (unpaired) electrons. The molecule has 1 rings (SSSR count). The van der Waals surface area contributed by atoms with E-state index in [4.69, 9.17) is 5.11 Å². The molecule has 0 unspecified atom stereocenters. The molecule has 4 nitrogen and oxygen atoms in total. The van der Waals surface area contributed by atoms with Crippen molar-refractivity contribution in [2.24, 2.45) is 11.8 Å². The Morgan fingerprint density at radius 2 is 2.12 bits per heavy atom. The van der Waals surface area contributed by atoms with Gasteiger partial charge in [0.1, 0.15) is 0 Å². The molecule has 0 heterocycles. The first-order chi connectivity index (χ1) is 12.4. The quantitative estimate of drug-likeness (QED) is 0.297. The van der Waals surface area contributed by atoms with Gasteiger partial charge in [0, 0.05) is 12.3 Å². The van der Waals surface area contributed by atoms with Crippen LogP contribution in [0.5, 0.6) is 0 Å². The SMILES string of the molecule is CCCC[C@@H](C)C[C@H](O)C=C[C@@H]1C(SCCCCCC(=O)O)=CC[C@H]1O. The van der Waals surface area contributed by atoms with Crippen LogP contribution in [0.3, 0.4) is 0 Å². The fourth-order valence-corrected chi connectivity index (χ4v) is 4.47. The Kier molecular flexibility index (Phi) is 12.0. The van der Waals surface area contributed by atoms with Crippen molar-refractivity contribution in [2.75, 3.05) is 5.75 Å². The monoisotopic (exact) mass is 384 g/mol. The highest BCUT2D eigenvalue weighted by Crippen LogP contribution is 2.36. The Morgan fingerprint density at radius 3 is 2.81 bits per heavy atom. The van der Waals surface area contributed by atoms with Crippen LogP contribution >= 0.6 is 11.8 Å². The van der Waals surface area contributed by atoms with Crippen LogP contribution in [-0.2, 0) is 4.79 Å². The van der Waals surface area contributed by atoms with E-state index in [1.165, 1.54) is 17.7 Å². The maximum atomic E-state index is 10.5. The van der Waals surface area contributed by atoms with Gasteiger partial charge in [0.05, 0.1) is 12.2 Å². The molecule has 5 heteroatoms. The lowest BCUT2D eigenvalue weighted by Crippen LogP contribution is -2.15. The zero-order valence-electron chi connectivity index (χ0n) is 16.3. The predicted molar refractivity (Wildman–Crippen MR) is 109 cm³/mol. The second kappa shape index (κ2) is 13.4. The molecule has 0 spiro atoms. The summed E-state index contributed by atoms with van der Waals surface area (Å²) in [5, 5.41) is 29.1. The summed E-state index contributed by atoms with van der Waals surface area (Å²) in [6, 6.07) is 0. The Hall–Kier alpha value is -0.780. The number of aliphatic hydroxyl groups is 2. The molecule has 0 fully saturated rings. The summed E-state index contributed by atoms with van der Waals surface area (Å²) >= 11 is 1.75. The molecule has 0 saturated carbocycles. The van der Waals surface area contributed by atoms with Crippen LogP contribution in [0.1, 0.15) is 71.6 Å². The van der Waals surface area contributed by atoms with Crippen LogP contribution in [0.15, 0.2) is 23.1 Å². The van der Waals surface area contributed by atoms with Crippen LogP contribution in [0, 0.1) is 11.8 Å². The Labute approximate surface area is 162 Å². The summed E-state index contributed by atoms with van der Waals surface area (Å²) in [5.41, 5.74) is 0. The molecule has 0 amide bonds. The Balaban J connectivity index is 2.34. The molecule has 3 N–H and O–H groups in total. The predicted octanol–water partition coefficient (Wildman–Crippen LogP) is 4.76. The van der Waals surface area contributed by atoms with Gasteiger partial charge >= 0.3 is 5.97 Å². The van der Waals surface area contributed by atoms with Crippen LogP contribution in [-0.4, -0.2) is 39.2 Å². The summed E-state index contributed by atoms with van der Waals surface area (Å²) in [6.07, 6.45) is 12.9. The standard InChI is InChI=1S/C21H36O4S/c1-3-4-8-16(2)15-17(22)10-11-18-19(23)12-13-20(18)26-14-7-5-6-9-21(24)25/h10-11,13,16-19,22-23H,3-9,12,14-15H2,1-2H3,(H,24,25)/t16-,17-,18+,19-/m1/s1. The molecular weight excluding hydrogens is 348 g/mol. The van der Waals surface area contributed by atoms with E-state index in [0.717, 1.165) is 37.9 Å². The van der Waals surface area contributed by atoms with Gasteiger partial charge in [-0.3, -0.25) is 4.79 Å². The molecule has 1 aliphatic carbocycles. The highest BCUT2D eigenvalue weighted by atomic mass is 32.2. The first kappa shape index (κ1) is 23.3. The fraction of sp³-hybridized carbons (Fsp3) is 0.762. The number of hydrogen-bond acceptors (Lipinski definition) is 4. The molecule has 0 aromatic carbocycles. The minimum atomic E-state index is -0.730. The zero-order chi connectivity index (χ0) is 19.4. The Bertz CT molecular complexity index is 461. The van der Waals surface area contributed by atoms with E-state index in [2.05, 4.69) is 19.9 Å².